The van der Waals surface area contributed by atoms with Crippen LogP contribution in [0.2, 0.25) is 0 Å². The molecule has 0 aromatic heterocycles. The normalized spacial score (nSPS) is 22.4. The highest BCUT2D eigenvalue weighted by molar-refractivity contribution is 6.11. The molecule has 0 spiro atoms. The number of nitrogens with zero attached hydrogens (tertiary/aromatic N) is 4. The Hall–Kier alpha value is -3.55. The number of ether oxygens (including phenoxy) is 1. The summed E-state index contributed by atoms with van der Waals surface area (Å²) in [6.07, 6.45) is 0.883. The summed E-state index contributed by atoms with van der Waals surface area (Å²) in [7, 11) is 1.65. The third-order valence-corrected chi connectivity index (χ3v) is 7.11. The van der Waals surface area contributed by atoms with Crippen molar-refractivity contribution in [1.82, 2.24) is 9.80 Å². The third-order valence-electron chi connectivity index (χ3n) is 7.11. The van der Waals surface area contributed by atoms with Gasteiger partial charge < -0.3 is 19.4 Å². The van der Waals surface area contributed by atoms with E-state index in [1.54, 1.807) is 29.0 Å². The van der Waals surface area contributed by atoms with Crippen molar-refractivity contribution in [2.45, 2.75) is 25.4 Å². The first-order valence-corrected chi connectivity index (χ1v) is 11.3. The molecular weight excluding hydrogens is 420 g/mol. The van der Waals surface area contributed by atoms with Gasteiger partial charge in [-0.1, -0.05) is 12.1 Å². The Morgan fingerprint density at radius 2 is 1.70 bits per heavy atom. The lowest BCUT2D eigenvalue weighted by Gasteiger charge is -2.49. The van der Waals surface area contributed by atoms with Gasteiger partial charge in [-0.25, -0.2) is 0 Å². The van der Waals surface area contributed by atoms with E-state index in [0.717, 1.165) is 24.5 Å². The summed E-state index contributed by atoms with van der Waals surface area (Å²) in [5, 5.41) is 0. The van der Waals surface area contributed by atoms with Crippen LogP contribution < -0.4 is 14.5 Å². The molecule has 5 rings (SSSR count). The molecule has 1 unspecified atom stereocenters. The Kier molecular flexibility index (Phi) is 5.23. The summed E-state index contributed by atoms with van der Waals surface area (Å²) < 4.78 is 5.22. The number of methoxy groups -OCH3 is 1. The Labute approximate surface area is 193 Å². The van der Waals surface area contributed by atoms with E-state index in [2.05, 4.69) is 4.90 Å². The quantitative estimate of drug-likeness (QED) is 0.718. The van der Waals surface area contributed by atoms with Gasteiger partial charge in [0.25, 0.3) is 5.91 Å². The molecule has 8 heteroatoms. The molecule has 3 aliphatic rings. The van der Waals surface area contributed by atoms with Crippen LogP contribution in [-0.4, -0.2) is 73.0 Å². The van der Waals surface area contributed by atoms with E-state index >= 15 is 0 Å². The van der Waals surface area contributed by atoms with Crippen molar-refractivity contribution in [2.75, 3.05) is 49.6 Å². The Bertz CT molecular complexity index is 1090. The number of para-hydroxylation sites is 1. The molecule has 2 fully saturated rings. The van der Waals surface area contributed by atoms with Gasteiger partial charge in [-0.15, -0.1) is 0 Å². The number of carbonyl (C=O) groups excluding carboxylic acids is 3. The topological polar surface area (TPSA) is 73.4 Å². The van der Waals surface area contributed by atoms with Crippen LogP contribution in [0, 0.1) is 0 Å². The molecule has 1 atom stereocenters. The number of hydrogen-bond acceptors (Lipinski definition) is 5. The van der Waals surface area contributed by atoms with Crippen molar-refractivity contribution in [1.29, 1.82) is 0 Å². The summed E-state index contributed by atoms with van der Waals surface area (Å²) >= 11 is 0. The van der Waals surface area contributed by atoms with Gasteiger partial charge in [0.05, 0.1) is 18.4 Å². The number of anilines is 2. The van der Waals surface area contributed by atoms with Gasteiger partial charge >= 0.3 is 0 Å². The molecular formula is C25H28N4O4. The van der Waals surface area contributed by atoms with Crippen molar-refractivity contribution in [3.8, 4) is 5.75 Å². The van der Waals surface area contributed by atoms with Gasteiger partial charge in [0.15, 0.2) is 0 Å². The maximum Gasteiger partial charge on any atom is 0.258 e. The van der Waals surface area contributed by atoms with Gasteiger partial charge in [-0.2, -0.15) is 0 Å². The van der Waals surface area contributed by atoms with E-state index in [0.29, 0.717) is 37.2 Å². The van der Waals surface area contributed by atoms with Gasteiger partial charge in [-0.3, -0.25) is 19.3 Å². The van der Waals surface area contributed by atoms with Crippen molar-refractivity contribution < 1.29 is 19.1 Å². The van der Waals surface area contributed by atoms with E-state index in [-0.39, 0.29) is 24.3 Å². The lowest BCUT2D eigenvalue weighted by atomic mass is 9.98. The molecule has 0 N–H and O–H groups in total. The highest BCUT2D eigenvalue weighted by atomic mass is 16.5. The highest BCUT2D eigenvalue weighted by Gasteiger charge is 2.53. The fraction of sp³-hybridized carbons (Fsp3) is 0.400. The second kappa shape index (κ2) is 8.10. The van der Waals surface area contributed by atoms with Crippen LogP contribution >= 0.6 is 0 Å². The monoisotopic (exact) mass is 448 g/mol. The minimum atomic E-state index is -0.816. The van der Waals surface area contributed by atoms with Crippen LogP contribution in [-0.2, 0) is 9.59 Å². The molecule has 3 heterocycles. The SMILES string of the molecule is COc1ccc(N2CCN(C(=O)CN3C(=O)c4ccccc4N4C(=O)CCC34C)CC2)cc1. The molecule has 0 saturated carbocycles. The molecule has 0 aliphatic carbocycles. The Morgan fingerprint density at radius 3 is 2.39 bits per heavy atom. The number of piperazine rings is 1. The van der Waals surface area contributed by atoms with Crippen molar-refractivity contribution in [2.24, 2.45) is 0 Å². The number of rotatable bonds is 4. The van der Waals surface area contributed by atoms with E-state index in [1.807, 2.05) is 48.2 Å². The minimum absolute atomic E-state index is 0.0111. The average molecular weight is 449 g/mol. The maximum atomic E-state index is 13.4. The van der Waals surface area contributed by atoms with E-state index in [1.165, 1.54) is 0 Å². The standard InChI is InChI=1S/C25H28N4O4/c1-25-12-11-22(30)29(25)21-6-4-3-5-20(21)24(32)28(25)17-23(31)27-15-13-26(14-16-27)18-7-9-19(33-2)10-8-18/h3-10H,11-17H2,1-2H3. The van der Waals surface area contributed by atoms with Crippen LogP contribution in [0.3, 0.4) is 0 Å². The molecule has 3 amide bonds. The molecule has 2 aromatic rings. The van der Waals surface area contributed by atoms with Crippen LogP contribution in [0.25, 0.3) is 0 Å². The lowest BCUT2D eigenvalue weighted by molar-refractivity contribution is -0.133. The van der Waals surface area contributed by atoms with Crippen molar-refractivity contribution in [3.05, 3.63) is 54.1 Å². The average Bonchev–Trinajstić information content (AvgIpc) is 3.17. The van der Waals surface area contributed by atoms with Crippen LogP contribution in [0.4, 0.5) is 11.4 Å². The van der Waals surface area contributed by atoms with Gasteiger partial charge in [0.2, 0.25) is 11.8 Å². The summed E-state index contributed by atoms with van der Waals surface area (Å²) in [4.78, 5) is 46.7. The zero-order valence-electron chi connectivity index (χ0n) is 19.0. The second-order valence-corrected chi connectivity index (χ2v) is 8.92. The summed E-state index contributed by atoms with van der Waals surface area (Å²) in [6.45, 7) is 4.47. The first-order valence-electron chi connectivity index (χ1n) is 11.3. The smallest absolute Gasteiger partial charge is 0.258 e. The highest BCUT2D eigenvalue weighted by Crippen LogP contribution is 2.43. The molecule has 2 aromatic carbocycles. The van der Waals surface area contributed by atoms with Gasteiger partial charge in [-0.05, 0) is 49.7 Å². The predicted octanol–water partition coefficient (Wildman–Crippen LogP) is 2.34. The lowest BCUT2D eigenvalue weighted by Crippen LogP contribution is -2.64. The van der Waals surface area contributed by atoms with E-state index < -0.39 is 5.66 Å². The summed E-state index contributed by atoms with van der Waals surface area (Å²) in [5.74, 6) is 0.526. The Balaban J connectivity index is 1.30. The number of carbonyl (C=O) groups is 3. The van der Waals surface area contributed by atoms with Crippen molar-refractivity contribution in [3.63, 3.8) is 0 Å². The number of hydrogen-bond donors (Lipinski definition) is 0. The predicted molar refractivity (Wildman–Crippen MR) is 124 cm³/mol. The summed E-state index contributed by atoms with van der Waals surface area (Å²) in [5.41, 5.74) is 1.40. The minimum Gasteiger partial charge on any atom is -0.497 e. The molecule has 0 bridgehead atoms. The molecule has 2 saturated heterocycles. The largest absolute Gasteiger partial charge is 0.497 e. The molecule has 3 aliphatic heterocycles. The van der Waals surface area contributed by atoms with E-state index in [4.69, 9.17) is 4.74 Å². The second-order valence-electron chi connectivity index (χ2n) is 8.92. The third kappa shape index (κ3) is 3.50. The molecule has 8 nitrogen and oxygen atoms in total. The molecule has 172 valence electrons. The molecule has 0 radical (unpaired) electrons. The number of amides is 3. The van der Waals surface area contributed by atoms with E-state index in [9.17, 15) is 14.4 Å². The first kappa shape index (κ1) is 21.3. The summed E-state index contributed by atoms with van der Waals surface area (Å²) in [6, 6.07) is 15.1. The Morgan fingerprint density at radius 1 is 1.00 bits per heavy atom. The van der Waals surface area contributed by atoms with Crippen LogP contribution in [0.1, 0.15) is 30.1 Å². The van der Waals surface area contributed by atoms with Gasteiger partial charge in [0.1, 0.15) is 18.0 Å². The fourth-order valence-electron chi connectivity index (χ4n) is 5.18. The zero-order chi connectivity index (χ0) is 23.2. The first-order chi connectivity index (χ1) is 15.9. The maximum absolute atomic E-state index is 13.4. The van der Waals surface area contributed by atoms with Crippen LogP contribution in [0.15, 0.2) is 48.5 Å². The fourth-order valence-corrected chi connectivity index (χ4v) is 5.18. The number of fused-ring (bicyclic) bond motifs is 3. The van der Waals surface area contributed by atoms with Crippen molar-refractivity contribution >= 4 is 29.1 Å². The molecule has 33 heavy (non-hydrogen) atoms. The van der Waals surface area contributed by atoms with Gasteiger partial charge in [0, 0.05) is 38.3 Å². The zero-order valence-corrected chi connectivity index (χ0v) is 19.0. The number of benzene rings is 2. The van der Waals surface area contributed by atoms with Crippen LogP contribution in [0.5, 0.6) is 5.75 Å².